The zero-order valence-electron chi connectivity index (χ0n) is 15.0. The van der Waals surface area contributed by atoms with Crippen LogP contribution in [0.1, 0.15) is 25.3 Å². The molecule has 0 aromatic heterocycles. The van der Waals surface area contributed by atoms with E-state index < -0.39 is 24.5 Å². The molecule has 1 N–H and O–H groups in total. The van der Waals surface area contributed by atoms with E-state index in [1.54, 1.807) is 34.9 Å². The van der Waals surface area contributed by atoms with Crippen LogP contribution in [0.5, 0.6) is 0 Å². The monoisotopic (exact) mass is 405 g/mol. The predicted octanol–water partition coefficient (Wildman–Crippen LogP) is 2.50. The van der Waals surface area contributed by atoms with E-state index in [-0.39, 0.29) is 10.8 Å². The molecule has 2 amide bonds. The second-order valence-corrected chi connectivity index (χ2v) is 8.95. The van der Waals surface area contributed by atoms with Crippen LogP contribution in [0.25, 0.3) is 0 Å². The van der Waals surface area contributed by atoms with Crippen molar-refractivity contribution in [2.75, 3.05) is 17.7 Å². The number of esters is 1. The molecule has 142 valence electrons. The van der Waals surface area contributed by atoms with Gasteiger partial charge < -0.3 is 15.0 Å². The van der Waals surface area contributed by atoms with Crippen LogP contribution < -0.4 is 5.32 Å². The fraction of sp³-hybridized carbons (Fsp3) is 0.444. The van der Waals surface area contributed by atoms with Crippen molar-refractivity contribution in [3.8, 4) is 5.40 Å². The Morgan fingerprint density at radius 2 is 2.30 bits per heavy atom. The van der Waals surface area contributed by atoms with Crippen LogP contribution in [0, 0.1) is 17.6 Å². The van der Waals surface area contributed by atoms with E-state index in [0.717, 1.165) is 28.6 Å². The quantitative estimate of drug-likeness (QED) is 0.456. The molecule has 2 atom stereocenters. The largest absolute Gasteiger partial charge is 0.454 e. The molecule has 2 aliphatic heterocycles. The molecule has 2 heterocycles. The van der Waals surface area contributed by atoms with Crippen LogP contribution in [-0.2, 0) is 19.1 Å². The first-order chi connectivity index (χ1) is 12.8. The Balaban J connectivity index is 1.54. The zero-order chi connectivity index (χ0) is 19.6. The van der Waals surface area contributed by atoms with Crippen LogP contribution in [0.3, 0.4) is 0 Å². The number of carbonyl (C=O) groups excluding carboxylic acids is 3. The van der Waals surface area contributed by atoms with Crippen LogP contribution in [-0.4, -0.2) is 46.0 Å². The minimum atomic E-state index is -0.633. The highest BCUT2D eigenvalue weighted by molar-refractivity contribution is 8.03. The number of hydrogen-bond donors (Lipinski definition) is 1. The lowest BCUT2D eigenvalue weighted by Gasteiger charge is -2.29. The second-order valence-electron chi connectivity index (χ2n) is 6.59. The number of rotatable bonds is 5. The lowest BCUT2D eigenvalue weighted by atomic mass is 10.2. The molecule has 0 unspecified atom stereocenters. The Morgan fingerprint density at radius 3 is 3.00 bits per heavy atom. The molecule has 2 aliphatic rings. The fourth-order valence-electron chi connectivity index (χ4n) is 3.31. The average Bonchev–Trinajstić information content (AvgIpc) is 3.12. The summed E-state index contributed by atoms with van der Waals surface area (Å²) < 4.78 is 5.16. The maximum atomic E-state index is 12.4. The standard InChI is InChI=1S/C18H19N3O4S2/c1-11-7-12(26-10-19)3-4-13(11)20-15(22)8-25-17(24)14-9-27-18(2)6-5-16(23)21(14)18/h3-4,7,14H,5-6,8-9H2,1-2H3,(H,20,22)/t14-,18+/m1/s1. The number of carbonyl (C=O) groups is 3. The van der Waals surface area contributed by atoms with Gasteiger partial charge in [-0.1, -0.05) is 0 Å². The Kier molecular flexibility index (Phi) is 5.67. The van der Waals surface area contributed by atoms with Gasteiger partial charge in [-0.25, -0.2) is 4.79 Å². The van der Waals surface area contributed by atoms with Crippen molar-refractivity contribution in [2.45, 2.75) is 42.5 Å². The highest BCUT2D eigenvalue weighted by Gasteiger charge is 2.53. The van der Waals surface area contributed by atoms with Crippen molar-refractivity contribution in [1.82, 2.24) is 4.90 Å². The van der Waals surface area contributed by atoms with Gasteiger partial charge in [0.2, 0.25) is 5.91 Å². The van der Waals surface area contributed by atoms with E-state index in [0.29, 0.717) is 17.9 Å². The molecule has 3 rings (SSSR count). The van der Waals surface area contributed by atoms with Gasteiger partial charge in [0, 0.05) is 22.8 Å². The lowest BCUT2D eigenvalue weighted by Crippen LogP contribution is -2.47. The van der Waals surface area contributed by atoms with E-state index >= 15 is 0 Å². The first-order valence-electron chi connectivity index (χ1n) is 8.43. The zero-order valence-corrected chi connectivity index (χ0v) is 16.6. The summed E-state index contributed by atoms with van der Waals surface area (Å²) in [5, 5.41) is 13.4. The predicted molar refractivity (Wildman–Crippen MR) is 103 cm³/mol. The number of ether oxygens (including phenoxy) is 1. The normalized spacial score (nSPS) is 23.7. The van der Waals surface area contributed by atoms with Gasteiger partial charge >= 0.3 is 5.97 Å². The minimum absolute atomic E-state index is 0.0418. The van der Waals surface area contributed by atoms with Crippen LogP contribution in [0.4, 0.5) is 5.69 Å². The maximum absolute atomic E-state index is 12.4. The minimum Gasteiger partial charge on any atom is -0.454 e. The number of fused-ring (bicyclic) bond motifs is 1. The molecule has 0 aliphatic carbocycles. The van der Waals surface area contributed by atoms with Crippen molar-refractivity contribution in [1.29, 1.82) is 5.26 Å². The first kappa shape index (κ1) is 19.6. The molecule has 1 aromatic carbocycles. The third-order valence-electron chi connectivity index (χ3n) is 4.70. The van der Waals surface area contributed by atoms with Gasteiger partial charge in [-0.05, 0) is 55.8 Å². The van der Waals surface area contributed by atoms with Crippen molar-refractivity contribution in [2.24, 2.45) is 0 Å². The smallest absolute Gasteiger partial charge is 0.330 e. The Morgan fingerprint density at radius 1 is 1.52 bits per heavy atom. The molecule has 1 aromatic rings. The Hall–Kier alpha value is -2.18. The number of anilines is 1. The summed E-state index contributed by atoms with van der Waals surface area (Å²) in [7, 11) is 0. The summed E-state index contributed by atoms with van der Waals surface area (Å²) in [4.78, 5) is 38.6. The molecule has 2 saturated heterocycles. The van der Waals surface area contributed by atoms with Gasteiger partial charge in [0.25, 0.3) is 5.91 Å². The first-order valence-corrected chi connectivity index (χ1v) is 10.2. The summed E-state index contributed by atoms with van der Waals surface area (Å²) in [5.41, 5.74) is 1.40. The Bertz CT molecular complexity index is 838. The number of amides is 2. The lowest BCUT2D eigenvalue weighted by molar-refractivity contribution is -0.155. The summed E-state index contributed by atoms with van der Waals surface area (Å²) in [6.07, 6.45) is 1.16. The van der Waals surface area contributed by atoms with Gasteiger partial charge in [0.1, 0.15) is 11.4 Å². The number of benzene rings is 1. The topological polar surface area (TPSA) is 99.5 Å². The fourth-order valence-corrected chi connectivity index (χ4v) is 5.20. The van der Waals surface area contributed by atoms with Crippen LogP contribution >= 0.6 is 23.5 Å². The number of thioether (sulfide) groups is 2. The van der Waals surface area contributed by atoms with Crippen molar-refractivity contribution in [3.05, 3.63) is 23.8 Å². The molecule has 2 fully saturated rings. The maximum Gasteiger partial charge on any atom is 0.330 e. The third-order valence-corrected chi connectivity index (χ3v) is 6.78. The Labute approximate surface area is 165 Å². The molecule has 7 nitrogen and oxygen atoms in total. The second kappa shape index (κ2) is 7.82. The van der Waals surface area contributed by atoms with Gasteiger partial charge in [-0.15, -0.1) is 11.8 Å². The van der Waals surface area contributed by atoms with Crippen molar-refractivity contribution < 1.29 is 19.1 Å². The number of thiocyanates is 1. The van der Waals surface area contributed by atoms with Gasteiger partial charge in [0.15, 0.2) is 6.61 Å². The summed E-state index contributed by atoms with van der Waals surface area (Å²) in [6.45, 7) is 3.37. The highest BCUT2D eigenvalue weighted by atomic mass is 32.2. The van der Waals surface area contributed by atoms with Gasteiger partial charge in [-0.3, -0.25) is 9.59 Å². The number of aryl methyl sites for hydroxylation is 1. The summed E-state index contributed by atoms with van der Waals surface area (Å²) >= 11 is 2.62. The molecule has 0 radical (unpaired) electrons. The molecule has 27 heavy (non-hydrogen) atoms. The van der Waals surface area contributed by atoms with Crippen LogP contribution in [0.2, 0.25) is 0 Å². The SMILES string of the molecule is Cc1cc(SC#N)ccc1NC(=O)COC(=O)[C@H]1CS[C@@]2(C)CCC(=O)N12. The number of nitrogens with zero attached hydrogens (tertiary/aromatic N) is 2. The molecular formula is C18H19N3O4S2. The van der Waals surface area contributed by atoms with E-state index in [2.05, 4.69) is 5.32 Å². The summed E-state index contributed by atoms with van der Waals surface area (Å²) in [6, 6.07) is 4.60. The van der Waals surface area contributed by atoms with E-state index in [1.165, 1.54) is 0 Å². The number of nitrogens with one attached hydrogen (secondary N) is 1. The average molecular weight is 406 g/mol. The third kappa shape index (κ3) is 4.06. The molecular weight excluding hydrogens is 386 g/mol. The summed E-state index contributed by atoms with van der Waals surface area (Å²) in [5.74, 6) is -0.554. The van der Waals surface area contributed by atoms with E-state index in [4.69, 9.17) is 10.00 Å². The molecule has 0 spiro atoms. The van der Waals surface area contributed by atoms with Crippen molar-refractivity contribution in [3.63, 3.8) is 0 Å². The van der Waals surface area contributed by atoms with Crippen LogP contribution in [0.15, 0.2) is 23.1 Å². The molecule has 0 bridgehead atoms. The number of hydrogen-bond acceptors (Lipinski definition) is 7. The van der Waals surface area contributed by atoms with E-state index in [9.17, 15) is 14.4 Å². The van der Waals surface area contributed by atoms with Crippen molar-refractivity contribution >= 4 is 47.0 Å². The van der Waals surface area contributed by atoms with Gasteiger partial charge in [0.05, 0.1) is 4.87 Å². The number of nitriles is 1. The van der Waals surface area contributed by atoms with E-state index in [1.807, 2.05) is 19.2 Å². The van der Waals surface area contributed by atoms with Gasteiger partial charge in [-0.2, -0.15) is 5.26 Å². The molecule has 9 heteroatoms. The molecule has 0 saturated carbocycles. The highest BCUT2D eigenvalue weighted by Crippen LogP contribution is 2.47.